The lowest BCUT2D eigenvalue weighted by Gasteiger charge is -2.09. The Labute approximate surface area is 184 Å². The number of amides is 2. The lowest BCUT2D eigenvalue weighted by atomic mass is 10.1. The van der Waals surface area contributed by atoms with E-state index in [9.17, 15) is 19.7 Å². The molecular weight excluding hydrogens is 412 g/mol. The molecule has 0 aliphatic carbocycles. The maximum atomic E-state index is 12.5. The van der Waals surface area contributed by atoms with Gasteiger partial charge in [-0.05, 0) is 67.6 Å². The fraction of sp³-hybridized carbons (Fsp3) is 0.130. The SMILES string of the molecule is CCNc1ccc(C(=O)Nc2ccc(C(=O)Nc3ccc(OC)cc3)cc2)cc1[N+](=O)[O-]. The topological polar surface area (TPSA) is 123 Å². The molecule has 32 heavy (non-hydrogen) atoms. The van der Waals surface area contributed by atoms with Gasteiger partial charge in [0.25, 0.3) is 17.5 Å². The zero-order valence-corrected chi connectivity index (χ0v) is 17.5. The van der Waals surface area contributed by atoms with Crippen molar-refractivity contribution in [3.63, 3.8) is 0 Å². The number of rotatable bonds is 8. The van der Waals surface area contributed by atoms with Gasteiger partial charge in [-0.25, -0.2) is 0 Å². The van der Waals surface area contributed by atoms with Crippen molar-refractivity contribution in [2.24, 2.45) is 0 Å². The first-order chi connectivity index (χ1) is 15.4. The van der Waals surface area contributed by atoms with Gasteiger partial charge in [-0.1, -0.05) is 0 Å². The molecular formula is C23H22N4O5. The molecule has 0 radical (unpaired) electrons. The number of nitro benzene ring substituents is 1. The Balaban J connectivity index is 1.67. The fourth-order valence-electron chi connectivity index (χ4n) is 2.95. The number of nitrogens with one attached hydrogen (secondary N) is 3. The smallest absolute Gasteiger partial charge is 0.293 e. The molecule has 2 amide bonds. The average molecular weight is 434 g/mol. The van der Waals surface area contributed by atoms with Crippen LogP contribution in [0, 0.1) is 10.1 Å². The maximum Gasteiger partial charge on any atom is 0.293 e. The minimum atomic E-state index is -0.537. The van der Waals surface area contributed by atoms with Gasteiger partial charge < -0.3 is 20.7 Å². The quantitative estimate of drug-likeness (QED) is 0.353. The number of hydrogen-bond donors (Lipinski definition) is 3. The van der Waals surface area contributed by atoms with Crippen molar-refractivity contribution < 1.29 is 19.2 Å². The Kier molecular flexibility index (Phi) is 7.02. The molecule has 0 fully saturated rings. The highest BCUT2D eigenvalue weighted by molar-refractivity contribution is 6.06. The van der Waals surface area contributed by atoms with Crippen LogP contribution >= 0.6 is 0 Å². The van der Waals surface area contributed by atoms with Gasteiger partial charge in [0.05, 0.1) is 12.0 Å². The number of nitrogens with zero attached hydrogens (tertiary/aromatic N) is 1. The Morgan fingerprint density at radius 3 is 1.94 bits per heavy atom. The van der Waals surface area contributed by atoms with E-state index in [0.717, 1.165) is 0 Å². The highest BCUT2D eigenvalue weighted by Gasteiger charge is 2.17. The normalized spacial score (nSPS) is 10.2. The molecule has 0 unspecified atom stereocenters. The van der Waals surface area contributed by atoms with Crippen molar-refractivity contribution in [2.45, 2.75) is 6.92 Å². The minimum Gasteiger partial charge on any atom is -0.497 e. The highest BCUT2D eigenvalue weighted by Crippen LogP contribution is 2.26. The summed E-state index contributed by atoms with van der Waals surface area (Å²) in [5.74, 6) is -0.112. The summed E-state index contributed by atoms with van der Waals surface area (Å²) >= 11 is 0. The Hall–Kier alpha value is -4.40. The molecule has 3 aromatic rings. The summed E-state index contributed by atoms with van der Waals surface area (Å²) in [7, 11) is 1.56. The number of anilines is 3. The zero-order chi connectivity index (χ0) is 23.1. The molecule has 9 nitrogen and oxygen atoms in total. The maximum absolute atomic E-state index is 12.5. The lowest BCUT2D eigenvalue weighted by Crippen LogP contribution is -2.14. The second kappa shape index (κ2) is 10.1. The number of carbonyl (C=O) groups is 2. The molecule has 0 aromatic heterocycles. The monoisotopic (exact) mass is 434 g/mol. The summed E-state index contributed by atoms with van der Waals surface area (Å²) in [5.41, 5.74) is 1.81. The van der Waals surface area contributed by atoms with Crippen LogP contribution in [0.15, 0.2) is 66.7 Å². The number of carbonyl (C=O) groups excluding carboxylic acids is 2. The molecule has 0 saturated heterocycles. The largest absolute Gasteiger partial charge is 0.497 e. The third-order valence-electron chi connectivity index (χ3n) is 4.58. The van der Waals surface area contributed by atoms with Gasteiger partial charge in [-0.3, -0.25) is 19.7 Å². The zero-order valence-electron chi connectivity index (χ0n) is 17.5. The molecule has 3 rings (SSSR count). The van der Waals surface area contributed by atoms with E-state index in [1.54, 1.807) is 55.6 Å². The molecule has 0 saturated carbocycles. The van der Waals surface area contributed by atoms with E-state index in [0.29, 0.717) is 34.9 Å². The van der Waals surface area contributed by atoms with Crippen molar-refractivity contribution in [3.8, 4) is 5.75 Å². The number of nitro groups is 1. The molecule has 0 aliphatic rings. The van der Waals surface area contributed by atoms with Gasteiger partial charge in [-0.2, -0.15) is 0 Å². The van der Waals surface area contributed by atoms with E-state index in [1.165, 1.54) is 18.2 Å². The molecule has 164 valence electrons. The van der Waals surface area contributed by atoms with E-state index in [4.69, 9.17) is 4.74 Å². The third kappa shape index (κ3) is 5.39. The van der Waals surface area contributed by atoms with Gasteiger partial charge in [-0.15, -0.1) is 0 Å². The van der Waals surface area contributed by atoms with Gasteiger partial charge in [0.2, 0.25) is 0 Å². The van der Waals surface area contributed by atoms with Crippen LogP contribution in [-0.2, 0) is 0 Å². The third-order valence-corrected chi connectivity index (χ3v) is 4.58. The minimum absolute atomic E-state index is 0.152. The average Bonchev–Trinajstić information content (AvgIpc) is 2.80. The Morgan fingerprint density at radius 1 is 0.875 bits per heavy atom. The van der Waals surface area contributed by atoms with Crippen LogP contribution in [0.1, 0.15) is 27.6 Å². The first-order valence-electron chi connectivity index (χ1n) is 9.80. The van der Waals surface area contributed by atoms with Crippen LogP contribution < -0.4 is 20.7 Å². The van der Waals surface area contributed by atoms with Crippen molar-refractivity contribution >= 4 is 34.6 Å². The molecule has 0 aliphatic heterocycles. The van der Waals surface area contributed by atoms with E-state index in [2.05, 4.69) is 16.0 Å². The van der Waals surface area contributed by atoms with Gasteiger partial charge in [0.1, 0.15) is 11.4 Å². The fourth-order valence-corrected chi connectivity index (χ4v) is 2.95. The molecule has 9 heteroatoms. The lowest BCUT2D eigenvalue weighted by molar-refractivity contribution is -0.384. The summed E-state index contributed by atoms with van der Waals surface area (Å²) in [6, 6.07) is 17.5. The molecule has 3 N–H and O–H groups in total. The molecule has 0 atom stereocenters. The number of hydrogen-bond acceptors (Lipinski definition) is 6. The molecule has 0 spiro atoms. The van der Waals surface area contributed by atoms with Gasteiger partial charge in [0.15, 0.2) is 0 Å². The van der Waals surface area contributed by atoms with Crippen LogP contribution in [0.5, 0.6) is 5.75 Å². The number of ether oxygens (including phenoxy) is 1. The van der Waals surface area contributed by atoms with Gasteiger partial charge >= 0.3 is 0 Å². The second-order valence-electron chi connectivity index (χ2n) is 6.73. The van der Waals surface area contributed by atoms with Crippen LogP contribution in [0.2, 0.25) is 0 Å². The predicted octanol–water partition coefficient (Wildman–Crippen LogP) is 4.54. The summed E-state index contributed by atoms with van der Waals surface area (Å²) in [6.45, 7) is 2.34. The Morgan fingerprint density at radius 2 is 1.41 bits per heavy atom. The number of benzene rings is 3. The van der Waals surface area contributed by atoms with Gasteiger partial charge in [0, 0.05) is 35.1 Å². The van der Waals surface area contributed by atoms with Crippen molar-refractivity contribution in [3.05, 3.63) is 88.0 Å². The summed E-state index contributed by atoms with van der Waals surface area (Å²) < 4.78 is 5.09. The molecule has 0 bridgehead atoms. The first kappa shape index (κ1) is 22.3. The van der Waals surface area contributed by atoms with Crippen LogP contribution in [0.25, 0.3) is 0 Å². The van der Waals surface area contributed by atoms with Crippen molar-refractivity contribution in [1.82, 2.24) is 0 Å². The predicted molar refractivity (Wildman–Crippen MR) is 123 cm³/mol. The highest BCUT2D eigenvalue weighted by atomic mass is 16.6. The second-order valence-corrected chi connectivity index (χ2v) is 6.73. The Bertz CT molecular complexity index is 1130. The number of methoxy groups -OCH3 is 1. The van der Waals surface area contributed by atoms with E-state index >= 15 is 0 Å². The van der Waals surface area contributed by atoms with Crippen LogP contribution in [0.3, 0.4) is 0 Å². The summed E-state index contributed by atoms with van der Waals surface area (Å²) in [5, 5.41) is 19.6. The van der Waals surface area contributed by atoms with Crippen LogP contribution in [0.4, 0.5) is 22.7 Å². The van der Waals surface area contributed by atoms with Crippen molar-refractivity contribution in [1.29, 1.82) is 0 Å². The standard InChI is InChI=1S/C23H22N4O5/c1-3-24-20-13-6-16(14-21(20)27(30)31)23(29)26-17-7-4-15(5-8-17)22(28)25-18-9-11-19(32-2)12-10-18/h4-14,24H,3H2,1-2H3,(H,25,28)(H,26,29). The summed E-state index contributed by atoms with van der Waals surface area (Å²) in [4.78, 5) is 35.7. The van der Waals surface area contributed by atoms with Crippen LogP contribution in [-0.4, -0.2) is 30.4 Å². The van der Waals surface area contributed by atoms with E-state index < -0.39 is 10.8 Å². The van der Waals surface area contributed by atoms with E-state index in [-0.39, 0.29) is 17.2 Å². The summed E-state index contributed by atoms with van der Waals surface area (Å²) in [6.07, 6.45) is 0. The molecule has 3 aromatic carbocycles. The first-order valence-corrected chi connectivity index (χ1v) is 9.80. The van der Waals surface area contributed by atoms with Crippen molar-refractivity contribution in [2.75, 3.05) is 29.6 Å². The van der Waals surface area contributed by atoms with E-state index in [1.807, 2.05) is 6.92 Å². The molecule has 0 heterocycles.